The van der Waals surface area contributed by atoms with Crippen molar-refractivity contribution in [2.24, 2.45) is 0 Å². The second kappa shape index (κ2) is 4.96. The van der Waals surface area contributed by atoms with Crippen LogP contribution in [0.25, 0.3) is 10.2 Å². The molecule has 0 radical (unpaired) electrons. The lowest BCUT2D eigenvalue weighted by Crippen LogP contribution is -2.37. The van der Waals surface area contributed by atoms with Gasteiger partial charge in [0.2, 0.25) is 0 Å². The van der Waals surface area contributed by atoms with Crippen LogP contribution in [0.5, 0.6) is 0 Å². The van der Waals surface area contributed by atoms with E-state index in [1.54, 1.807) is 6.20 Å². The Morgan fingerprint density at radius 1 is 1.43 bits per heavy atom. The lowest BCUT2D eigenvalue weighted by Gasteiger charge is -2.15. The van der Waals surface area contributed by atoms with Crippen molar-refractivity contribution in [2.75, 3.05) is 18.8 Å². The maximum atomic E-state index is 12.5. The summed E-state index contributed by atoms with van der Waals surface area (Å²) in [5.41, 5.74) is 7.32. The first-order valence-corrected chi connectivity index (χ1v) is 8.22. The molecule has 21 heavy (non-hydrogen) atoms. The van der Waals surface area contributed by atoms with E-state index in [1.165, 1.54) is 24.2 Å². The van der Waals surface area contributed by atoms with E-state index in [2.05, 4.69) is 15.2 Å². The second-order valence-electron chi connectivity index (χ2n) is 5.88. The van der Waals surface area contributed by atoms with Crippen LogP contribution < -0.4 is 11.1 Å². The fraction of sp³-hybridized carbons (Fsp3) is 0.467. The third-order valence-electron chi connectivity index (χ3n) is 4.31. The number of nitrogens with zero attached hydrogens (tertiary/aromatic N) is 2. The minimum atomic E-state index is -0.0573. The van der Waals surface area contributed by atoms with Crippen LogP contribution >= 0.6 is 11.3 Å². The molecule has 0 bridgehead atoms. The van der Waals surface area contributed by atoms with Gasteiger partial charge in [-0.3, -0.25) is 14.7 Å². The highest BCUT2D eigenvalue weighted by Gasteiger charge is 2.35. The van der Waals surface area contributed by atoms with Gasteiger partial charge in [0.05, 0.1) is 10.4 Å². The van der Waals surface area contributed by atoms with Gasteiger partial charge in [0.15, 0.2) is 0 Å². The molecule has 2 fully saturated rings. The number of fused-ring (bicyclic) bond motifs is 1. The normalized spacial score (nSPS) is 22.8. The topological polar surface area (TPSA) is 71.2 Å². The number of nitrogens with one attached hydrogen (secondary N) is 1. The van der Waals surface area contributed by atoms with Gasteiger partial charge >= 0.3 is 0 Å². The third-order valence-corrected chi connectivity index (χ3v) is 5.47. The summed E-state index contributed by atoms with van der Waals surface area (Å²) < 4.78 is 0.964. The van der Waals surface area contributed by atoms with Gasteiger partial charge in [0.25, 0.3) is 5.91 Å². The maximum Gasteiger partial charge on any atom is 0.263 e. The van der Waals surface area contributed by atoms with Gasteiger partial charge in [-0.1, -0.05) is 0 Å². The number of aromatic nitrogens is 1. The summed E-state index contributed by atoms with van der Waals surface area (Å²) in [7, 11) is 0. The van der Waals surface area contributed by atoms with E-state index >= 15 is 0 Å². The third kappa shape index (κ3) is 2.38. The van der Waals surface area contributed by atoms with Crippen molar-refractivity contribution in [1.29, 1.82) is 0 Å². The van der Waals surface area contributed by atoms with Crippen molar-refractivity contribution in [2.45, 2.75) is 31.3 Å². The molecule has 1 aliphatic carbocycles. The number of rotatable bonds is 3. The molecule has 1 aliphatic heterocycles. The van der Waals surface area contributed by atoms with Gasteiger partial charge < -0.3 is 11.1 Å². The van der Waals surface area contributed by atoms with Gasteiger partial charge in [0.1, 0.15) is 10.4 Å². The van der Waals surface area contributed by atoms with E-state index in [0.29, 0.717) is 10.6 Å². The Kier molecular flexibility index (Phi) is 3.08. The first-order chi connectivity index (χ1) is 10.2. The Morgan fingerprint density at radius 3 is 3.05 bits per heavy atom. The van der Waals surface area contributed by atoms with Gasteiger partial charge in [0, 0.05) is 31.4 Å². The molecule has 2 aromatic heterocycles. The zero-order valence-electron chi connectivity index (χ0n) is 11.7. The van der Waals surface area contributed by atoms with Crippen molar-refractivity contribution in [1.82, 2.24) is 15.2 Å². The molecule has 2 aromatic rings. The lowest BCUT2D eigenvalue weighted by molar-refractivity contribution is 0.0942. The fourth-order valence-electron chi connectivity index (χ4n) is 3.04. The maximum absolute atomic E-state index is 12.5. The number of nitrogens with two attached hydrogens (primary N) is 1. The Balaban J connectivity index is 1.50. The number of hydrogen-bond donors (Lipinski definition) is 2. The van der Waals surface area contributed by atoms with Crippen LogP contribution in [0.2, 0.25) is 0 Å². The summed E-state index contributed by atoms with van der Waals surface area (Å²) in [6.45, 7) is 2.07. The monoisotopic (exact) mass is 302 g/mol. The molecule has 3 heterocycles. The van der Waals surface area contributed by atoms with Gasteiger partial charge in [-0.25, -0.2) is 0 Å². The summed E-state index contributed by atoms with van der Waals surface area (Å²) in [4.78, 5) is 19.8. The highest BCUT2D eigenvalue weighted by atomic mass is 32.1. The van der Waals surface area contributed by atoms with Crippen molar-refractivity contribution >= 4 is 33.1 Å². The molecule has 1 amide bonds. The molecule has 6 heteroatoms. The minimum absolute atomic E-state index is 0.0573. The van der Waals surface area contributed by atoms with E-state index in [0.717, 1.165) is 35.8 Å². The van der Waals surface area contributed by atoms with E-state index in [1.807, 2.05) is 12.1 Å². The molecule has 5 nitrogen and oxygen atoms in total. The van der Waals surface area contributed by atoms with Gasteiger partial charge in [-0.2, -0.15) is 0 Å². The molecule has 1 saturated carbocycles. The molecule has 110 valence electrons. The number of hydrogen-bond acceptors (Lipinski definition) is 5. The van der Waals surface area contributed by atoms with Crippen LogP contribution in [-0.2, 0) is 0 Å². The summed E-state index contributed by atoms with van der Waals surface area (Å²) in [6.07, 6.45) is 5.37. The number of anilines is 1. The van der Waals surface area contributed by atoms with Crippen molar-refractivity contribution in [3.05, 3.63) is 23.2 Å². The standard InChI is InChI=1S/C15H18N4OS/c16-12-13-11(2-1-6-17-13)21-14(12)15(20)18-9-5-7-19(8-9)10-3-4-10/h1-2,6,9-10H,3-5,7-8,16H2,(H,18,20). The largest absolute Gasteiger partial charge is 0.396 e. The first kappa shape index (κ1) is 13.0. The average molecular weight is 302 g/mol. The number of carbonyl (C=O) groups is 1. The first-order valence-electron chi connectivity index (χ1n) is 7.40. The van der Waals surface area contributed by atoms with Crippen LogP contribution in [0, 0.1) is 0 Å². The molecular weight excluding hydrogens is 284 g/mol. The number of nitrogen functional groups attached to an aromatic ring is 1. The predicted octanol–water partition coefficient (Wildman–Crippen LogP) is 1.84. The fourth-order valence-corrected chi connectivity index (χ4v) is 4.03. The Hall–Kier alpha value is -1.66. The minimum Gasteiger partial charge on any atom is -0.396 e. The molecular formula is C15H18N4OS. The number of carbonyl (C=O) groups excluding carboxylic acids is 1. The SMILES string of the molecule is Nc1c(C(=O)NC2CCN(C3CC3)C2)sc2cccnc12. The van der Waals surface area contributed by atoms with Crippen LogP contribution in [0.15, 0.2) is 18.3 Å². The Bertz CT molecular complexity index is 694. The average Bonchev–Trinajstić information content (AvgIpc) is 3.15. The lowest BCUT2D eigenvalue weighted by atomic mass is 10.2. The summed E-state index contributed by atoms with van der Waals surface area (Å²) >= 11 is 1.42. The van der Waals surface area contributed by atoms with E-state index in [-0.39, 0.29) is 11.9 Å². The number of likely N-dealkylation sites (tertiary alicyclic amines) is 1. The summed E-state index contributed by atoms with van der Waals surface area (Å²) in [5, 5.41) is 3.13. The summed E-state index contributed by atoms with van der Waals surface area (Å²) in [6, 6.07) is 4.83. The Morgan fingerprint density at radius 2 is 2.29 bits per heavy atom. The molecule has 0 spiro atoms. The predicted molar refractivity (Wildman–Crippen MR) is 84.5 cm³/mol. The molecule has 0 aromatic carbocycles. The van der Waals surface area contributed by atoms with Crippen molar-refractivity contribution in [3.63, 3.8) is 0 Å². The van der Waals surface area contributed by atoms with Crippen LogP contribution in [0.4, 0.5) is 5.69 Å². The molecule has 1 unspecified atom stereocenters. The zero-order chi connectivity index (χ0) is 14.4. The number of pyridine rings is 1. The van der Waals surface area contributed by atoms with Crippen molar-refractivity contribution in [3.8, 4) is 0 Å². The number of thiophene rings is 1. The highest BCUT2D eigenvalue weighted by molar-refractivity contribution is 7.21. The van der Waals surface area contributed by atoms with E-state index in [4.69, 9.17) is 5.73 Å². The van der Waals surface area contributed by atoms with Crippen LogP contribution in [0.3, 0.4) is 0 Å². The summed E-state index contributed by atoms with van der Waals surface area (Å²) in [5.74, 6) is -0.0573. The quantitative estimate of drug-likeness (QED) is 0.907. The zero-order valence-corrected chi connectivity index (χ0v) is 12.5. The Labute approximate surface area is 127 Å². The van der Waals surface area contributed by atoms with Gasteiger partial charge in [-0.05, 0) is 31.4 Å². The molecule has 1 saturated heterocycles. The van der Waals surface area contributed by atoms with Crippen molar-refractivity contribution < 1.29 is 4.79 Å². The smallest absolute Gasteiger partial charge is 0.263 e. The second-order valence-corrected chi connectivity index (χ2v) is 6.93. The molecule has 3 N–H and O–H groups in total. The molecule has 1 atom stereocenters. The number of amides is 1. The van der Waals surface area contributed by atoms with E-state index < -0.39 is 0 Å². The van der Waals surface area contributed by atoms with Gasteiger partial charge in [-0.15, -0.1) is 11.3 Å². The van der Waals surface area contributed by atoms with Crippen LogP contribution in [0.1, 0.15) is 28.9 Å². The van der Waals surface area contributed by atoms with E-state index in [9.17, 15) is 4.79 Å². The van der Waals surface area contributed by atoms with Crippen LogP contribution in [-0.4, -0.2) is 41.0 Å². The molecule has 4 rings (SSSR count). The highest BCUT2D eigenvalue weighted by Crippen LogP contribution is 2.33. The molecule has 2 aliphatic rings.